The molecule has 1 aromatic carbocycles. The van der Waals surface area contributed by atoms with E-state index < -0.39 is 0 Å². The van der Waals surface area contributed by atoms with Gasteiger partial charge in [0.25, 0.3) is 5.91 Å². The van der Waals surface area contributed by atoms with Crippen LogP contribution in [0.3, 0.4) is 0 Å². The number of carbonyl (C=O) groups is 2. The molecule has 1 saturated carbocycles. The molecule has 1 aliphatic carbocycles. The quantitative estimate of drug-likeness (QED) is 0.723. The maximum Gasteiger partial charge on any atom is 0.255 e. The number of amides is 2. The summed E-state index contributed by atoms with van der Waals surface area (Å²) in [5.74, 6) is 0.103. The number of rotatable bonds is 4. The van der Waals surface area contributed by atoms with Gasteiger partial charge in [0.1, 0.15) is 0 Å². The van der Waals surface area contributed by atoms with Gasteiger partial charge in [0.05, 0.1) is 17.1 Å². The summed E-state index contributed by atoms with van der Waals surface area (Å²) >= 11 is 12.2. The van der Waals surface area contributed by atoms with E-state index in [9.17, 15) is 9.59 Å². The number of hydrogen-bond donors (Lipinski definition) is 0. The largest absolute Gasteiger partial charge is 0.339 e. The molecule has 29 heavy (non-hydrogen) atoms. The van der Waals surface area contributed by atoms with Crippen molar-refractivity contribution < 1.29 is 9.59 Å². The minimum Gasteiger partial charge on any atom is -0.339 e. The number of nitrogens with zero attached hydrogens (tertiary/aromatic N) is 4. The third kappa shape index (κ3) is 4.88. The number of carbonyl (C=O) groups excluding carboxylic acids is 2. The lowest BCUT2D eigenvalue weighted by atomic mass is 9.91. The van der Waals surface area contributed by atoms with Crippen molar-refractivity contribution in [3.05, 3.63) is 33.8 Å². The lowest BCUT2D eigenvalue weighted by molar-refractivity contribution is -0.135. The topological polar surface area (TPSA) is 47.1 Å². The van der Waals surface area contributed by atoms with E-state index in [0.717, 1.165) is 32.2 Å². The number of piperazine rings is 2. The summed E-state index contributed by atoms with van der Waals surface area (Å²) in [6.45, 7) is 6.66. The smallest absolute Gasteiger partial charge is 0.255 e. The Morgan fingerprint density at radius 3 is 2.17 bits per heavy atom. The van der Waals surface area contributed by atoms with Crippen LogP contribution in [0.25, 0.3) is 0 Å². The highest BCUT2D eigenvalue weighted by Crippen LogP contribution is 2.26. The van der Waals surface area contributed by atoms with Gasteiger partial charge < -0.3 is 9.80 Å². The summed E-state index contributed by atoms with van der Waals surface area (Å²) in [5, 5.41) is 0.914. The number of benzene rings is 1. The predicted molar refractivity (Wildman–Crippen MR) is 115 cm³/mol. The van der Waals surface area contributed by atoms with E-state index >= 15 is 0 Å². The number of hydrogen-bond acceptors (Lipinski definition) is 4. The van der Waals surface area contributed by atoms with Gasteiger partial charge in [-0.1, -0.05) is 29.6 Å². The molecule has 0 spiro atoms. The molecular formula is C21H28Cl2N4O2. The molecule has 2 aliphatic heterocycles. The van der Waals surface area contributed by atoms with Crippen LogP contribution in [0.1, 0.15) is 29.6 Å². The van der Waals surface area contributed by atoms with Gasteiger partial charge in [-0.15, -0.1) is 0 Å². The molecule has 8 heteroatoms. The molecular weight excluding hydrogens is 411 g/mol. The summed E-state index contributed by atoms with van der Waals surface area (Å²) in [6, 6.07) is 5.70. The number of halogens is 2. The fourth-order valence-electron chi connectivity index (χ4n) is 4.32. The van der Waals surface area contributed by atoms with E-state index in [1.54, 1.807) is 23.1 Å². The van der Waals surface area contributed by atoms with Crippen molar-refractivity contribution in [1.82, 2.24) is 19.6 Å². The van der Waals surface area contributed by atoms with E-state index in [2.05, 4.69) is 9.80 Å². The maximum atomic E-state index is 12.7. The Balaban J connectivity index is 1.23. The van der Waals surface area contributed by atoms with Crippen molar-refractivity contribution in [3.8, 4) is 0 Å². The average molecular weight is 439 g/mol. The van der Waals surface area contributed by atoms with Gasteiger partial charge in [-0.25, -0.2) is 0 Å². The summed E-state index contributed by atoms with van der Waals surface area (Å²) < 4.78 is 0. The zero-order valence-corrected chi connectivity index (χ0v) is 18.2. The zero-order chi connectivity index (χ0) is 20.4. The second-order valence-electron chi connectivity index (χ2n) is 8.19. The summed E-state index contributed by atoms with van der Waals surface area (Å²) in [7, 11) is 0. The molecule has 0 unspecified atom stereocenters. The van der Waals surface area contributed by atoms with E-state index in [4.69, 9.17) is 23.2 Å². The van der Waals surface area contributed by atoms with Gasteiger partial charge in [-0.05, 0) is 31.0 Å². The Hall–Kier alpha value is -1.34. The van der Waals surface area contributed by atoms with E-state index in [-0.39, 0.29) is 11.8 Å². The maximum absolute atomic E-state index is 12.7. The van der Waals surface area contributed by atoms with Gasteiger partial charge in [-0.2, -0.15) is 0 Å². The molecule has 0 N–H and O–H groups in total. The third-order valence-corrected chi connectivity index (χ3v) is 7.00. The average Bonchev–Trinajstić information content (AvgIpc) is 2.69. The standard InChI is InChI=1S/C21H28Cl2N4O2/c22-16-4-5-19(23)18(14-16)21(29)27-8-6-24(7-9-27)15-20(28)26-12-10-25(11-13-26)17-2-1-3-17/h4-5,14,17H,1-3,6-13,15H2. The molecule has 2 saturated heterocycles. The Morgan fingerprint density at radius 1 is 0.897 bits per heavy atom. The van der Waals surface area contributed by atoms with Crippen LogP contribution in [0, 0.1) is 0 Å². The second kappa shape index (κ2) is 9.21. The molecule has 0 aromatic heterocycles. The zero-order valence-electron chi connectivity index (χ0n) is 16.7. The fraction of sp³-hybridized carbons (Fsp3) is 0.619. The molecule has 4 rings (SSSR count). The van der Waals surface area contributed by atoms with Crippen LogP contribution in [0.5, 0.6) is 0 Å². The van der Waals surface area contributed by atoms with Crippen LogP contribution in [0.4, 0.5) is 0 Å². The van der Waals surface area contributed by atoms with Gasteiger partial charge >= 0.3 is 0 Å². The normalized spacial score (nSPS) is 21.9. The van der Waals surface area contributed by atoms with Crippen molar-refractivity contribution in [2.75, 3.05) is 58.9 Å². The lowest BCUT2D eigenvalue weighted by Crippen LogP contribution is -2.56. The molecule has 0 atom stereocenters. The van der Waals surface area contributed by atoms with Crippen LogP contribution in [-0.4, -0.2) is 96.4 Å². The minimum atomic E-state index is -0.101. The third-order valence-electron chi connectivity index (χ3n) is 6.44. The molecule has 1 aromatic rings. The van der Waals surface area contributed by atoms with Crippen molar-refractivity contribution in [2.45, 2.75) is 25.3 Å². The SMILES string of the molecule is O=C(CN1CCN(C(=O)c2cc(Cl)ccc2Cl)CC1)N1CCN(C2CCC2)CC1. The van der Waals surface area contributed by atoms with Gasteiger partial charge in [0, 0.05) is 63.4 Å². The molecule has 6 nitrogen and oxygen atoms in total. The monoisotopic (exact) mass is 438 g/mol. The Morgan fingerprint density at radius 2 is 1.55 bits per heavy atom. The molecule has 0 radical (unpaired) electrons. The lowest BCUT2D eigenvalue weighted by Gasteiger charge is -2.43. The molecule has 158 valence electrons. The highest BCUT2D eigenvalue weighted by Gasteiger charge is 2.30. The Kier molecular flexibility index (Phi) is 6.64. The summed E-state index contributed by atoms with van der Waals surface area (Å²) in [5.41, 5.74) is 0.438. The van der Waals surface area contributed by atoms with E-state index in [1.807, 2.05) is 4.90 Å². The van der Waals surface area contributed by atoms with Crippen molar-refractivity contribution in [2.24, 2.45) is 0 Å². The van der Waals surface area contributed by atoms with Crippen LogP contribution in [0.15, 0.2) is 18.2 Å². The second-order valence-corrected chi connectivity index (χ2v) is 9.04. The molecule has 2 heterocycles. The van der Waals surface area contributed by atoms with Crippen molar-refractivity contribution >= 4 is 35.0 Å². The Labute approximate surface area is 182 Å². The predicted octanol–water partition coefficient (Wildman–Crippen LogP) is 2.45. The first-order valence-electron chi connectivity index (χ1n) is 10.5. The van der Waals surface area contributed by atoms with Crippen molar-refractivity contribution in [3.63, 3.8) is 0 Å². The minimum absolute atomic E-state index is 0.101. The molecule has 2 amide bonds. The summed E-state index contributed by atoms with van der Waals surface area (Å²) in [6.07, 6.45) is 3.98. The van der Waals surface area contributed by atoms with E-state index in [1.165, 1.54) is 19.3 Å². The van der Waals surface area contributed by atoms with Crippen LogP contribution >= 0.6 is 23.2 Å². The van der Waals surface area contributed by atoms with Crippen LogP contribution < -0.4 is 0 Å². The van der Waals surface area contributed by atoms with Crippen molar-refractivity contribution in [1.29, 1.82) is 0 Å². The highest BCUT2D eigenvalue weighted by molar-refractivity contribution is 6.35. The fourth-order valence-corrected chi connectivity index (χ4v) is 4.69. The van der Waals surface area contributed by atoms with Gasteiger partial charge in [0.2, 0.25) is 5.91 Å². The van der Waals surface area contributed by atoms with Crippen LogP contribution in [-0.2, 0) is 4.79 Å². The van der Waals surface area contributed by atoms with Crippen LogP contribution in [0.2, 0.25) is 10.0 Å². The van der Waals surface area contributed by atoms with Gasteiger partial charge in [-0.3, -0.25) is 19.4 Å². The summed E-state index contributed by atoms with van der Waals surface area (Å²) in [4.78, 5) is 33.9. The first-order valence-corrected chi connectivity index (χ1v) is 11.3. The first kappa shape index (κ1) is 20.9. The molecule has 3 fully saturated rings. The molecule has 0 bridgehead atoms. The van der Waals surface area contributed by atoms with Gasteiger partial charge in [0.15, 0.2) is 0 Å². The Bertz CT molecular complexity index is 755. The molecule has 3 aliphatic rings. The van der Waals surface area contributed by atoms with E-state index in [0.29, 0.717) is 48.3 Å². The highest BCUT2D eigenvalue weighted by atomic mass is 35.5. The first-order chi connectivity index (χ1) is 14.0.